The monoisotopic (exact) mass is 370 g/mol. The first-order chi connectivity index (χ1) is 13.1. The molecule has 0 unspecified atom stereocenters. The van der Waals surface area contributed by atoms with Gasteiger partial charge in [-0.2, -0.15) is 4.98 Å². The number of ether oxygens (including phenoxy) is 2. The third-order valence-corrected chi connectivity index (χ3v) is 4.50. The van der Waals surface area contributed by atoms with Gasteiger partial charge in [0.25, 0.3) is 0 Å². The number of nitrogens with zero attached hydrogens (tertiary/aromatic N) is 3. The largest absolute Gasteiger partial charge is 0.474 e. The maximum Gasteiger partial charge on any atom is 0.239 e. The van der Waals surface area contributed by atoms with Crippen LogP contribution in [0.3, 0.4) is 0 Å². The van der Waals surface area contributed by atoms with Crippen LogP contribution in [0.1, 0.15) is 12.5 Å². The van der Waals surface area contributed by atoms with Gasteiger partial charge in [0.15, 0.2) is 0 Å². The molecule has 7 heteroatoms. The van der Waals surface area contributed by atoms with Crippen LogP contribution in [0.4, 0.5) is 11.5 Å². The summed E-state index contributed by atoms with van der Waals surface area (Å²) < 4.78 is 11.3. The summed E-state index contributed by atoms with van der Waals surface area (Å²) in [6.45, 7) is 5.88. The van der Waals surface area contributed by atoms with Gasteiger partial charge in [-0.3, -0.25) is 4.79 Å². The van der Waals surface area contributed by atoms with Gasteiger partial charge in [-0.05, 0) is 17.7 Å². The molecule has 0 bridgehead atoms. The second kappa shape index (κ2) is 9.23. The summed E-state index contributed by atoms with van der Waals surface area (Å²) in [7, 11) is 0. The molecule has 1 saturated heterocycles. The van der Waals surface area contributed by atoms with Crippen molar-refractivity contribution in [1.29, 1.82) is 0 Å². The number of carbonyl (C=O) groups is 1. The zero-order valence-electron chi connectivity index (χ0n) is 15.6. The van der Waals surface area contributed by atoms with Crippen LogP contribution in [0, 0.1) is 0 Å². The van der Waals surface area contributed by atoms with Gasteiger partial charge in [-0.1, -0.05) is 30.3 Å². The molecule has 0 saturated carbocycles. The summed E-state index contributed by atoms with van der Waals surface area (Å²) in [4.78, 5) is 20.0. The van der Waals surface area contributed by atoms with Crippen molar-refractivity contribution in [2.75, 3.05) is 50.0 Å². The van der Waals surface area contributed by atoms with E-state index in [-0.39, 0.29) is 5.91 Å². The van der Waals surface area contributed by atoms with Crippen LogP contribution in [0.2, 0.25) is 0 Å². The normalized spacial score (nSPS) is 14.3. The number of rotatable bonds is 7. The SMILES string of the molecule is CC(=O)N1CCN(c2ccc(N)c(OCCOCc3ccccc3)n2)CC1. The van der Waals surface area contributed by atoms with E-state index in [1.54, 1.807) is 13.0 Å². The fourth-order valence-electron chi connectivity index (χ4n) is 2.95. The van der Waals surface area contributed by atoms with Crippen LogP contribution >= 0.6 is 0 Å². The molecular weight excluding hydrogens is 344 g/mol. The third kappa shape index (κ3) is 5.34. The van der Waals surface area contributed by atoms with Crippen LogP contribution in [-0.4, -0.2) is 55.2 Å². The van der Waals surface area contributed by atoms with E-state index in [1.165, 1.54) is 0 Å². The molecule has 2 N–H and O–H groups in total. The highest BCUT2D eigenvalue weighted by atomic mass is 16.5. The van der Waals surface area contributed by atoms with Crippen molar-refractivity contribution in [1.82, 2.24) is 9.88 Å². The first-order valence-corrected chi connectivity index (χ1v) is 9.15. The summed E-state index contributed by atoms with van der Waals surface area (Å²) in [5, 5.41) is 0. The van der Waals surface area contributed by atoms with Crippen molar-refractivity contribution < 1.29 is 14.3 Å². The quantitative estimate of drug-likeness (QED) is 0.750. The Balaban J connectivity index is 1.48. The van der Waals surface area contributed by atoms with E-state index in [0.29, 0.717) is 44.5 Å². The Morgan fingerprint density at radius 1 is 1.07 bits per heavy atom. The number of hydrogen-bond acceptors (Lipinski definition) is 6. The molecule has 1 aliphatic heterocycles. The second-order valence-corrected chi connectivity index (χ2v) is 6.44. The number of carbonyl (C=O) groups excluding carboxylic acids is 1. The highest BCUT2D eigenvalue weighted by Crippen LogP contribution is 2.24. The van der Waals surface area contributed by atoms with Gasteiger partial charge >= 0.3 is 0 Å². The number of anilines is 2. The Morgan fingerprint density at radius 3 is 2.52 bits per heavy atom. The van der Waals surface area contributed by atoms with Crippen LogP contribution < -0.4 is 15.4 Å². The Bertz CT molecular complexity index is 746. The van der Waals surface area contributed by atoms with Gasteiger partial charge in [0.1, 0.15) is 12.4 Å². The summed E-state index contributed by atoms with van der Waals surface area (Å²) in [5.74, 6) is 1.34. The van der Waals surface area contributed by atoms with Crippen molar-refractivity contribution in [3.63, 3.8) is 0 Å². The van der Waals surface area contributed by atoms with Crippen molar-refractivity contribution >= 4 is 17.4 Å². The molecule has 0 atom stereocenters. The van der Waals surface area contributed by atoms with Crippen LogP contribution in [0.5, 0.6) is 5.88 Å². The van der Waals surface area contributed by atoms with E-state index in [4.69, 9.17) is 15.2 Å². The van der Waals surface area contributed by atoms with Gasteiger partial charge in [-0.25, -0.2) is 0 Å². The van der Waals surface area contributed by atoms with Gasteiger partial charge in [0.2, 0.25) is 11.8 Å². The number of aromatic nitrogens is 1. The molecule has 7 nitrogen and oxygen atoms in total. The molecule has 0 aliphatic carbocycles. The lowest BCUT2D eigenvalue weighted by atomic mass is 10.2. The molecule has 2 aromatic rings. The van der Waals surface area contributed by atoms with Crippen LogP contribution in [0.25, 0.3) is 0 Å². The van der Waals surface area contributed by atoms with E-state index >= 15 is 0 Å². The van der Waals surface area contributed by atoms with Gasteiger partial charge in [-0.15, -0.1) is 0 Å². The van der Waals surface area contributed by atoms with E-state index in [9.17, 15) is 4.79 Å². The van der Waals surface area contributed by atoms with E-state index in [1.807, 2.05) is 41.3 Å². The molecule has 1 fully saturated rings. The summed E-state index contributed by atoms with van der Waals surface area (Å²) in [6.07, 6.45) is 0. The standard InChI is InChI=1S/C20H26N4O3/c1-16(25)23-9-11-24(12-10-23)19-8-7-18(21)20(22-19)27-14-13-26-15-17-5-3-2-4-6-17/h2-8H,9-15,21H2,1H3. The number of nitrogen functional groups attached to an aromatic ring is 1. The van der Waals surface area contributed by atoms with Crippen LogP contribution in [-0.2, 0) is 16.1 Å². The number of amides is 1. The molecule has 2 heterocycles. The van der Waals surface area contributed by atoms with Crippen LogP contribution in [0.15, 0.2) is 42.5 Å². The smallest absolute Gasteiger partial charge is 0.239 e. The second-order valence-electron chi connectivity index (χ2n) is 6.44. The average molecular weight is 370 g/mol. The van der Waals surface area contributed by atoms with E-state index in [0.717, 1.165) is 24.5 Å². The minimum Gasteiger partial charge on any atom is -0.474 e. The molecule has 1 aliphatic rings. The first kappa shape index (κ1) is 19.0. The molecular formula is C20H26N4O3. The lowest BCUT2D eigenvalue weighted by Gasteiger charge is -2.35. The Kier molecular flexibility index (Phi) is 6.49. The van der Waals surface area contributed by atoms with Gasteiger partial charge < -0.3 is 25.0 Å². The zero-order chi connectivity index (χ0) is 19.1. The molecule has 1 aromatic heterocycles. The average Bonchev–Trinajstić information content (AvgIpc) is 2.70. The lowest BCUT2D eigenvalue weighted by molar-refractivity contribution is -0.129. The van der Waals surface area contributed by atoms with E-state index < -0.39 is 0 Å². The zero-order valence-corrected chi connectivity index (χ0v) is 15.6. The number of nitrogens with two attached hydrogens (primary N) is 1. The van der Waals surface area contributed by atoms with Crippen molar-refractivity contribution in [3.8, 4) is 5.88 Å². The molecule has 144 valence electrons. The predicted molar refractivity (Wildman–Crippen MR) is 105 cm³/mol. The topological polar surface area (TPSA) is 80.9 Å². The van der Waals surface area contributed by atoms with Gasteiger partial charge in [0.05, 0.1) is 18.9 Å². The number of benzene rings is 1. The maximum absolute atomic E-state index is 11.4. The van der Waals surface area contributed by atoms with Crippen molar-refractivity contribution in [2.45, 2.75) is 13.5 Å². The molecule has 3 rings (SSSR count). The highest BCUT2D eigenvalue weighted by molar-refractivity contribution is 5.73. The fourth-order valence-corrected chi connectivity index (χ4v) is 2.95. The molecule has 27 heavy (non-hydrogen) atoms. The number of pyridine rings is 1. The molecule has 1 aromatic carbocycles. The Labute approximate surface area is 159 Å². The molecule has 0 radical (unpaired) electrons. The number of piperazine rings is 1. The van der Waals surface area contributed by atoms with Crippen molar-refractivity contribution in [2.24, 2.45) is 0 Å². The van der Waals surface area contributed by atoms with Gasteiger partial charge in [0, 0.05) is 33.1 Å². The highest BCUT2D eigenvalue weighted by Gasteiger charge is 2.20. The fraction of sp³-hybridized carbons (Fsp3) is 0.400. The Hall–Kier alpha value is -2.80. The number of hydrogen-bond donors (Lipinski definition) is 1. The maximum atomic E-state index is 11.4. The molecule has 1 amide bonds. The van der Waals surface area contributed by atoms with E-state index in [2.05, 4.69) is 9.88 Å². The summed E-state index contributed by atoms with van der Waals surface area (Å²) >= 11 is 0. The minimum absolute atomic E-state index is 0.111. The summed E-state index contributed by atoms with van der Waals surface area (Å²) in [6, 6.07) is 13.7. The lowest BCUT2D eigenvalue weighted by Crippen LogP contribution is -2.48. The first-order valence-electron chi connectivity index (χ1n) is 9.15. The minimum atomic E-state index is 0.111. The summed E-state index contributed by atoms with van der Waals surface area (Å²) in [5.41, 5.74) is 7.62. The molecule has 0 spiro atoms. The Morgan fingerprint density at radius 2 is 1.81 bits per heavy atom. The van der Waals surface area contributed by atoms with Crippen molar-refractivity contribution in [3.05, 3.63) is 48.0 Å². The predicted octanol–water partition coefficient (Wildman–Crippen LogP) is 1.93. The third-order valence-electron chi connectivity index (χ3n) is 4.50.